The fourth-order valence-corrected chi connectivity index (χ4v) is 2.30. The molecule has 0 fully saturated rings. The zero-order valence-electron chi connectivity index (χ0n) is 16.2. The van der Waals surface area contributed by atoms with Crippen molar-refractivity contribution in [2.75, 3.05) is 26.6 Å². The molecule has 2 aromatic carbocycles. The Labute approximate surface area is 159 Å². The third-order valence-corrected chi connectivity index (χ3v) is 3.49. The maximum absolute atomic E-state index is 10.9. The van der Waals surface area contributed by atoms with E-state index >= 15 is 0 Å². The lowest BCUT2D eigenvalue weighted by Crippen LogP contribution is -2.03. The van der Waals surface area contributed by atoms with E-state index in [9.17, 15) is 9.59 Å². The molecule has 0 aliphatic rings. The van der Waals surface area contributed by atoms with Crippen LogP contribution >= 0.6 is 0 Å². The first-order valence-corrected chi connectivity index (χ1v) is 8.26. The number of rotatable bonds is 6. The molecule has 144 valence electrons. The van der Waals surface area contributed by atoms with Crippen molar-refractivity contribution in [3.05, 3.63) is 53.6 Å². The maximum Gasteiger partial charge on any atom is 0.308 e. The average Bonchev–Trinajstić information content (AvgIpc) is 2.66. The Morgan fingerprint density at radius 1 is 1.07 bits per heavy atom. The number of aryl methyl sites for hydroxylation is 1. The summed E-state index contributed by atoms with van der Waals surface area (Å²) < 4.78 is 15.2. The molecule has 27 heavy (non-hydrogen) atoms. The lowest BCUT2D eigenvalue weighted by atomic mass is 10.2. The molecule has 6 heteroatoms. The minimum Gasteiger partial charge on any atom is -0.494 e. The third kappa shape index (κ3) is 6.86. The molecule has 0 amide bonds. The van der Waals surface area contributed by atoms with Crippen LogP contribution < -0.4 is 19.5 Å². The SMILES string of the molecule is CNc1cccc(C)c1OC.COc1ccc(/C=C/C=O)cc1OC(C)=O. The molecule has 2 rings (SSSR count). The molecular weight excluding hydrogens is 346 g/mol. The Balaban J connectivity index is 0.000000289. The van der Waals surface area contributed by atoms with Crippen LogP contribution in [0, 0.1) is 6.92 Å². The molecule has 0 aliphatic heterocycles. The molecule has 0 unspecified atom stereocenters. The molecule has 0 bridgehead atoms. The van der Waals surface area contributed by atoms with Crippen molar-refractivity contribution in [3.8, 4) is 17.2 Å². The molecule has 0 atom stereocenters. The Morgan fingerprint density at radius 3 is 2.33 bits per heavy atom. The second-order valence-corrected chi connectivity index (χ2v) is 5.40. The van der Waals surface area contributed by atoms with Gasteiger partial charge in [0, 0.05) is 14.0 Å². The fraction of sp³-hybridized carbons (Fsp3) is 0.238. The quantitative estimate of drug-likeness (QED) is 0.360. The van der Waals surface area contributed by atoms with E-state index < -0.39 is 5.97 Å². The van der Waals surface area contributed by atoms with Crippen LogP contribution in [0.2, 0.25) is 0 Å². The molecule has 6 nitrogen and oxygen atoms in total. The van der Waals surface area contributed by atoms with Crippen molar-refractivity contribution in [1.29, 1.82) is 0 Å². The monoisotopic (exact) mass is 371 g/mol. The predicted octanol–water partition coefficient (Wildman–Crippen LogP) is 3.88. The van der Waals surface area contributed by atoms with Crippen LogP contribution in [0.25, 0.3) is 6.08 Å². The highest BCUT2D eigenvalue weighted by molar-refractivity contribution is 5.75. The average molecular weight is 371 g/mol. The lowest BCUT2D eigenvalue weighted by Gasteiger charge is -2.09. The summed E-state index contributed by atoms with van der Waals surface area (Å²) in [5.74, 6) is 1.31. The summed E-state index contributed by atoms with van der Waals surface area (Å²) in [6, 6.07) is 11.1. The van der Waals surface area contributed by atoms with Gasteiger partial charge >= 0.3 is 5.97 Å². The van der Waals surface area contributed by atoms with E-state index in [2.05, 4.69) is 5.32 Å². The first-order valence-electron chi connectivity index (χ1n) is 8.26. The van der Waals surface area contributed by atoms with Crippen LogP contribution in [0.5, 0.6) is 17.2 Å². The lowest BCUT2D eigenvalue weighted by molar-refractivity contribution is -0.132. The van der Waals surface area contributed by atoms with E-state index in [-0.39, 0.29) is 0 Å². The van der Waals surface area contributed by atoms with Gasteiger partial charge in [0.15, 0.2) is 11.5 Å². The van der Waals surface area contributed by atoms with E-state index in [1.165, 1.54) is 20.1 Å². The summed E-state index contributed by atoms with van der Waals surface area (Å²) in [6.07, 6.45) is 3.65. The summed E-state index contributed by atoms with van der Waals surface area (Å²) in [4.78, 5) is 21.0. The standard InChI is InChI=1S/C12H12O4.C9H13NO/c1-9(14)16-12-8-10(4-3-7-13)5-6-11(12)15-2;1-7-5-4-6-8(10-2)9(7)11-3/h3-8H,1-2H3;4-6,10H,1-3H3/b4-3+;. The zero-order chi connectivity index (χ0) is 20.2. The van der Waals surface area contributed by atoms with Crippen molar-refractivity contribution in [2.24, 2.45) is 0 Å². The number of nitrogens with one attached hydrogen (secondary N) is 1. The van der Waals surface area contributed by atoms with Gasteiger partial charge < -0.3 is 19.5 Å². The molecule has 0 saturated heterocycles. The second-order valence-electron chi connectivity index (χ2n) is 5.40. The number of methoxy groups -OCH3 is 2. The number of esters is 1. The van der Waals surface area contributed by atoms with Gasteiger partial charge in [-0.25, -0.2) is 0 Å². The number of benzene rings is 2. The Morgan fingerprint density at radius 2 is 1.81 bits per heavy atom. The fourth-order valence-electron chi connectivity index (χ4n) is 2.30. The Bertz CT molecular complexity index is 799. The highest BCUT2D eigenvalue weighted by Gasteiger charge is 2.06. The topological polar surface area (TPSA) is 73.9 Å². The van der Waals surface area contributed by atoms with Gasteiger partial charge in [-0.15, -0.1) is 0 Å². The number of anilines is 1. The number of hydrogen-bond donors (Lipinski definition) is 1. The van der Waals surface area contributed by atoms with Crippen LogP contribution in [0.1, 0.15) is 18.1 Å². The molecule has 2 aromatic rings. The van der Waals surface area contributed by atoms with Crippen molar-refractivity contribution in [1.82, 2.24) is 0 Å². The van der Waals surface area contributed by atoms with Gasteiger partial charge in [0.05, 0.1) is 19.9 Å². The van der Waals surface area contributed by atoms with Crippen LogP contribution in [0.15, 0.2) is 42.5 Å². The summed E-state index contributed by atoms with van der Waals surface area (Å²) in [5, 5.41) is 3.06. The largest absolute Gasteiger partial charge is 0.494 e. The first-order chi connectivity index (χ1) is 13.0. The number of aldehydes is 1. The normalized spacial score (nSPS) is 9.81. The van der Waals surface area contributed by atoms with E-state index in [1.807, 2.05) is 32.2 Å². The van der Waals surface area contributed by atoms with Gasteiger partial charge in [-0.05, 0) is 42.3 Å². The molecular formula is C21H25NO5. The van der Waals surface area contributed by atoms with Crippen LogP contribution in [0.3, 0.4) is 0 Å². The van der Waals surface area contributed by atoms with Gasteiger partial charge in [-0.3, -0.25) is 9.59 Å². The van der Waals surface area contributed by atoms with Crippen LogP contribution in [-0.2, 0) is 9.59 Å². The van der Waals surface area contributed by atoms with Crippen molar-refractivity contribution in [3.63, 3.8) is 0 Å². The first kappa shape index (κ1) is 21.8. The highest BCUT2D eigenvalue weighted by atomic mass is 16.6. The highest BCUT2D eigenvalue weighted by Crippen LogP contribution is 2.28. The number of allylic oxidation sites excluding steroid dienone is 1. The summed E-state index contributed by atoms with van der Waals surface area (Å²) >= 11 is 0. The molecule has 0 aliphatic carbocycles. The summed E-state index contributed by atoms with van der Waals surface area (Å²) in [7, 11) is 5.06. The smallest absolute Gasteiger partial charge is 0.308 e. The van der Waals surface area contributed by atoms with Crippen molar-refractivity contribution >= 4 is 24.0 Å². The number of hydrogen-bond acceptors (Lipinski definition) is 6. The van der Waals surface area contributed by atoms with Crippen molar-refractivity contribution in [2.45, 2.75) is 13.8 Å². The minimum atomic E-state index is -0.421. The second kappa shape index (κ2) is 11.4. The van der Waals surface area contributed by atoms with Gasteiger partial charge in [-0.2, -0.15) is 0 Å². The van der Waals surface area contributed by atoms with Crippen molar-refractivity contribution < 1.29 is 23.8 Å². The predicted molar refractivity (Wildman–Crippen MR) is 107 cm³/mol. The molecule has 0 saturated carbocycles. The maximum atomic E-state index is 10.9. The van der Waals surface area contributed by atoms with Crippen LogP contribution in [-0.4, -0.2) is 33.5 Å². The molecule has 0 spiro atoms. The number of ether oxygens (including phenoxy) is 3. The van der Waals surface area contributed by atoms with E-state index in [4.69, 9.17) is 14.2 Å². The van der Waals surface area contributed by atoms with E-state index in [0.717, 1.165) is 22.6 Å². The third-order valence-electron chi connectivity index (χ3n) is 3.49. The zero-order valence-corrected chi connectivity index (χ0v) is 16.2. The Kier molecular flexibility index (Phi) is 9.15. The molecule has 0 aromatic heterocycles. The minimum absolute atomic E-state index is 0.336. The molecule has 1 N–H and O–H groups in total. The summed E-state index contributed by atoms with van der Waals surface area (Å²) in [6.45, 7) is 3.34. The van der Waals surface area contributed by atoms with Gasteiger partial charge in [0.25, 0.3) is 0 Å². The molecule has 0 heterocycles. The number of carbonyl (C=O) groups is 2. The van der Waals surface area contributed by atoms with E-state index in [1.54, 1.807) is 31.4 Å². The van der Waals surface area contributed by atoms with Gasteiger partial charge in [-0.1, -0.05) is 24.3 Å². The van der Waals surface area contributed by atoms with Gasteiger partial charge in [0.2, 0.25) is 0 Å². The van der Waals surface area contributed by atoms with Gasteiger partial charge in [0.1, 0.15) is 12.0 Å². The molecule has 0 radical (unpaired) electrons. The van der Waals surface area contributed by atoms with E-state index in [0.29, 0.717) is 17.8 Å². The number of para-hydroxylation sites is 1. The Hall–Kier alpha value is -3.28. The summed E-state index contributed by atoms with van der Waals surface area (Å²) in [5.41, 5.74) is 2.94. The van der Waals surface area contributed by atoms with Crippen LogP contribution in [0.4, 0.5) is 5.69 Å². The number of carbonyl (C=O) groups excluding carboxylic acids is 2.